The molecule has 0 unspecified atom stereocenters. The number of para-hydroxylation sites is 1. The highest BCUT2D eigenvalue weighted by Gasteiger charge is 2.17. The number of rotatable bonds is 3. The Morgan fingerprint density at radius 2 is 1.82 bits per heavy atom. The van der Waals surface area contributed by atoms with Crippen LogP contribution in [0.3, 0.4) is 0 Å². The van der Waals surface area contributed by atoms with Gasteiger partial charge in [-0.1, -0.05) is 6.07 Å². The minimum Gasteiger partial charge on any atom is -0.370 e. The lowest BCUT2D eigenvalue weighted by Crippen LogP contribution is -2.19. The second kappa shape index (κ2) is 6.09. The molecule has 1 saturated heterocycles. The van der Waals surface area contributed by atoms with Crippen LogP contribution < -0.4 is 10.2 Å². The van der Waals surface area contributed by atoms with E-state index in [1.165, 1.54) is 12.3 Å². The van der Waals surface area contributed by atoms with Crippen molar-refractivity contribution in [1.29, 1.82) is 0 Å². The van der Waals surface area contributed by atoms with Crippen molar-refractivity contribution in [3.63, 3.8) is 0 Å². The standard InChI is InChI=1S/C16H15F2N3O/c17-13-4-3-5-14(18)15(13)20-16(22)11-8-12(10-19-9-11)21-6-1-2-7-21/h3-5,8-10H,1-2,6-7H2,(H,20,22). The molecule has 1 N–H and O–H groups in total. The van der Waals surface area contributed by atoms with Gasteiger partial charge in [0.1, 0.15) is 17.3 Å². The number of anilines is 2. The topological polar surface area (TPSA) is 45.2 Å². The van der Waals surface area contributed by atoms with Crippen LogP contribution in [0.25, 0.3) is 0 Å². The van der Waals surface area contributed by atoms with E-state index in [1.807, 2.05) is 0 Å². The van der Waals surface area contributed by atoms with Crippen molar-refractivity contribution < 1.29 is 13.6 Å². The summed E-state index contributed by atoms with van der Waals surface area (Å²) < 4.78 is 27.1. The summed E-state index contributed by atoms with van der Waals surface area (Å²) in [5.74, 6) is -2.20. The Kier molecular flexibility index (Phi) is 4.00. The highest BCUT2D eigenvalue weighted by atomic mass is 19.1. The smallest absolute Gasteiger partial charge is 0.257 e. The summed E-state index contributed by atoms with van der Waals surface area (Å²) in [6, 6.07) is 5.12. The molecule has 1 aliphatic heterocycles. The van der Waals surface area contributed by atoms with Crippen molar-refractivity contribution in [3.8, 4) is 0 Å². The number of nitrogens with one attached hydrogen (secondary N) is 1. The maximum Gasteiger partial charge on any atom is 0.257 e. The molecule has 22 heavy (non-hydrogen) atoms. The number of pyridine rings is 1. The van der Waals surface area contributed by atoms with Crippen LogP contribution in [0.2, 0.25) is 0 Å². The molecule has 0 spiro atoms. The van der Waals surface area contributed by atoms with Crippen LogP contribution in [0.15, 0.2) is 36.7 Å². The molecular weight excluding hydrogens is 288 g/mol. The molecule has 0 bridgehead atoms. The molecule has 1 aromatic heterocycles. The van der Waals surface area contributed by atoms with E-state index in [4.69, 9.17) is 0 Å². The third-order valence-electron chi connectivity index (χ3n) is 3.66. The molecule has 6 heteroatoms. The average molecular weight is 303 g/mol. The summed E-state index contributed by atoms with van der Waals surface area (Å²) in [6.45, 7) is 1.85. The Balaban J connectivity index is 1.82. The molecule has 0 atom stereocenters. The third kappa shape index (κ3) is 2.90. The quantitative estimate of drug-likeness (QED) is 0.947. The molecule has 0 saturated carbocycles. The van der Waals surface area contributed by atoms with Crippen LogP contribution in [0.4, 0.5) is 20.2 Å². The Hall–Kier alpha value is -2.50. The van der Waals surface area contributed by atoms with E-state index in [2.05, 4.69) is 15.2 Å². The van der Waals surface area contributed by atoms with Crippen LogP contribution in [0.5, 0.6) is 0 Å². The number of hydrogen-bond acceptors (Lipinski definition) is 3. The summed E-state index contributed by atoms with van der Waals surface area (Å²) in [5.41, 5.74) is 0.672. The first-order chi connectivity index (χ1) is 10.6. The molecule has 114 valence electrons. The lowest BCUT2D eigenvalue weighted by atomic mass is 10.2. The SMILES string of the molecule is O=C(Nc1c(F)cccc1F)c1cncc(N2CCCC2)c1. The first kappa shape index (κ1) is 14.4. The van der Waals surface area contributed by atoms with Gasteiger partial charge >= 0.3 is 0 Å². The minimum atomic E-state index is -0.808. The number of aromatic nitrogens is 1. The van der Waals surface area contributed by atoms with Gasteiger partial charge in [0, 0.05) is 19.3 Å². The minimum absolute atomic E-state index is 0.270. The van der Waals surface area contributed by atoms with Crippen LogP contribution in [-0.2, 0) is 0 Å². The van der Waals surface area contributed by atoms with E-state index >= 15 is 0 Å². The number of benzene rings is 1. The van der Waals surface area contributed by atoms with E-state index in [0.29, 0.717) is 0 Å². The fourth-order valence-electron chi connectivity index (χ4n) is 2.50. The van der Waals surface area contributed by atoms with Crippen molar-refractivity contribution in [3.05, 3.63) is 53.9 Å². The van der Waals surface area contributed by atoms with Crippen molar-refractivity contribution >= 4 is 17.3 Å². The largest absolute Gasteiger partial charge is 0.370 e. The van der Waals surface area contributed by atoms with Gasteiger partial charge in [-0.25, -0.2) is 8.78 Å². The van der Waals surface area contributed by atoms with E-state index in [9.17, 15) is 13.6 Å². The number of carbonyl (C=O) groups excluding carboxylic acids is 1. The fourth-order valence-corrected chi connectivity index (χ4v) is 2.50. The molecule has 1 fully saturated rings. The maximum absolute atomic E-state index is 13.6. The lowest BCUT2D eigenvalue weighted by molar-refractivity contribution is 0.102. The van der Waals surface area contributed by atoms with Gasteiger partial charge < -0.3 is 10.2 Å². The zero-order valence-electron chi connectivity index (χ0n) is 11.9. The predicted octanol–water partition coefficient (Wildman–Crippen LogP) is 3.21. The number of hydrogen-bond donors (Lipinski definition) is 1. The molecular formula is C16H15F2N3O. The van der Waals surface area contributed by atoms with Crippen LogP contribution in [0, 0.1) is 11.6 Å². The van der Waals surface area contributed by atoms with Gasteiger partial charge in [0.25, 0.3) is 5.91 Å². The normalized spacial score (nSPS) is 14.2. The van der Waals surface area contributed by atoms with E-state index < -0.39 is 23.2 Å². The Morgan fingerprint density at radius 1 is 1.14 bits per heavy atom. The van der Waals surface area contributed by atoms with E-state index in [0.717, 1.165) is 43.8 Å². The van der Waals surface area contributed by atoms with Gasteiger partial charge in [0.2, 0.25) is 0 Å². The van der Waals surface area contributed by atoms with Gasteiger partial charge in [0.05, 0.1) is 17.4 Å². The number of amides is 1. The molecule has 1 aliphatic rings. The van der Waals surface area contributed by atoms with Crippen LogP contribution in [-0.4, -0.2) is 24.0 Å². The second-order valence-electron chi connectivity index (χ2n) is 5.18. The van der Waals surface area contributed by atoms with Gasteiger partial charge in [-0.15, -0.1) is 0 Å². The fraction of sp³-hybridized carbons (Fsp3) is 0.250. The predicted molar refractivity (Wildman–Crippen MR) is 80.0 cm³/mol. The van der Waals surface area contributed by atoms with E-state index in [1.54, 1.807) is 12.3 Å². The second-order valence-corrected chi connectivity index (χ2v) is 5.18. The van der Waals surface area contributed by atoms with Crippen LogP contribution in [0.1, 0.15) is 23.2 Å². The molecule has 4 nitrogen and oxygen atoms in total. The average Bonchev–Trinajstić information content (AvgIpc) is 3.05. The summed E-state index contributed by atoms with van der Waals surface area (Å²) in [4.78, 5) is 18.4. The Morgan fingerprint density at radius 3 is 2.50 bits per heavy atom. The van der Waals surface area contributed by atoms with Crippen molar-refractivity contribution in [2.75, 3.05) is 23.3 Å². The first-order valence-corrected chi connectivity index (χ1v) is 7.10. The molecule has 0 aliphatic carbocycles. The maximum atomic E-state index is 13.6. The molecule has 2 heterocycles. The van der Waals surface area contributed by atoms with Gasteiger partial charge in [-0.05, 0) is 31.0 Å². The monoisotopic (exact) mass is 303 g/mol. The summed E-state index contributed by atoms with van der Waals surface area (Å²) in [6.07, 6.45) is 5.28. The molecule has 1 aromatic carbocycles. The van der Waals surface area contributed by atoms with Crippen LogP contribution >= 0.6 is 0 Å². The number of halogens is 2. The zero-order chi connectivity index (χ0) is 15.5. The molecule has 1 amide bonds. The van der Waals surface area contributed by atoms with E-state index in [-0.39, 0.29) is 5.56 Å². The number of carbonyl (C=O) groups is 1. The third-order valence-corrected chi connectivity index (χ3v) is 3.66. The van der Waals surface area contributed by atoms with Gasteiger partial charge in [0.15, 0.2) is 0 Å². The highest BCUT2D eigenvalue weighted by molar-refractivity contribution is 6.04. The Bertz CT molecular complexity index is 679. The van der Waals surface area contributed by atoms with Crippen molar-refractivity contribution in [2.45, 2.75) is 12.8 Å². The van der Waals surface area contributed by atoms with Gasteiger partial charge in [-0.2, -0.15) is 0 Å². The highest BCUT2D eigenvalue weighted by Crippen LogP contribution is 2.22. The lowest BCUT2D eigenvalue weighted by Gasteiger charge is -2.17. The molecule has 0 radical (unpaired) electrons. The van der Waals surface area contributed by atoms with Gasteiger partial charge in [-0.3, -0.25) is 9.78 Å². The molecule has 3 rings (SSSR count). The summed E-state index contributed by atoms with van der Waals surface area (Å²) in [5, 5.41) is 2.27. The van der Waals surface area contributed by atoms with Crippen molar-refractivity contribution in [2.24, 2.45) is 0 Å². The summed E-state index contributed by atoms with van der Waals surface area (Å²) in [7, 11) is 0. The van der Waals surface area contributed by atoms with Crippen molar-refractivity contribution in [1.82, 2.24) is 4.98 Å². The first-order valence-electron chi connectivity index (χ1n) is 7.10. The zero-order valence-corrected chi connectivity index (χ0v) is 11.9. The number of nitrogens with zero attached hydrogens (tertiary/aromatic N) is 2. The Labute approximate surface area is 126 Å². The molecule has 2 aromatic rings. The summed E-state index contributed by atoms with van der Waals surface area (Å²) >= 11 is 0.